The van der Waals surface area contributed by atoms with E-state index in [0.29, 0.717) is 6.54 Å². The molecule has 0 spiro atoms. The first kappa shape index (κ1) is 20.2. The SMILES string of the molecule is CN=C(NCc1cn2c(n1)CCCC2)N(C)Cc1ccccc1Br.I. The average Bonchev–Trinajstić information content (AvgIpc) is 3.00. The molecule has 0 bridgehead atoms. The second-order valence-corrected chi connectivity index (χ2v) is 7.00. The van der Waals surface area contributed by atoms with Crippen LogP contribution in [0.1, 0.15) is 29.9 Å². The molecule has 1 aliphatic rings. The van der Waals surface area contributed by atoms with Crippen LogP contribution in [0.5, 0.6) is 0 Å². The van der Waals surface area contributed by atoms with Crippen molar-refractivity contribution in [3.05, 3.63) is 52.0 Å². The Morgan fingerprint density at radius 1 is 1.36 bits per heavy atom. The minimum Gasteiger partial charge on any atom is -0.351 e. The topological polar surface area (TPSA) is 45.5 Å². The van der Waals surface area contributed by atoms with Crippen LogP contribution in [0, 0.1) is 0 Å². The number of rotatable bonds is 4. The maximum atomic E-state index is 4.73. The summed E-state index contributed by atoms with van der Waals surface area (Å²) in [5.41, 5.74) is 2.32. The highest BCUT2D eigenvalue weighted by atomic mass is 127. The van der Waals surface area contributed by atoms with Crippen LogP contribution >= 0.6 is 39.9 Å². The zero-order valence-corrected chi connectivity index (χ0v) is 18.6. The molecule has 25 heavy (non-hydrogen) atoms. The van der Waals surface area contributed by atoms with Gasteiger partial charge in [0.2, 0.25) is 0 Å². The summed E-state index contributed by atoms with van der Waals surface area (Å²) >= 11 is 3.60. The normalized spacial score (nSPS) is 13.8. The van der Waals surface area contributed by atoms with E-state index in [2.05, 4.69) is 60.1 Å². The zero-order chi connectivity index (χ0) is 16.9. The highest BCUT2D eigenvalue weighted by molar-refractivity contribution is 14.0. The summed E-state index contributed by atoms with van der Waals surface area (Å²) < 4.78 is 3.41. The fourth-order valence-corrected chi connectivity index (χ4v) is 3.48. The van der Waals surface area contributed by atoms with Crippen LogP contribution in [-0.2, 0) is 26.1 Å². The van der Waals surface area contributed by atoms with Gasteiger partial charge in [-0.1, -0.05) is 34.1 Å². The molecule has 0 saturated heterocycles. The number of hydrogen-bond donors (Lipinski definition) is 1. The van der Waals surface area contributed by atoms with Gasteiger partial charge in [-0.25, -0.2) is 4.98 Å². The molecule has 5 nitrogen and oxygen atoms in total. The van der Waals surface area contributed by atoms with E-state index in [1.165, 1.54) is 24.2 Å². The third kappa shape index (κ3) is 5.20. The summed E-state index contributed by atoms with van der Waals surface area (Å²) in [7, 11) is 3.87. The molecule has 2 heterocycles. The van der Waals surface area contributed by atoms with Crippen LogP contribution < -0.4 is 5.32 Å². The number of hydrogen-bond acceptors (Lipinski definition) is 2. The van der Waals surface area contributed by atoms with Gasteiger partial charge in [-0.15, -0.1) is 24.0 Å². The third-order valence-electron chi connectivity index (χ3n) is 4.32. The Morgan fingerprint density at radius 3 is 2.88 bits per heavy atom. The lowest BCUT2D eigenvalue weighted by Crippen LogP contribution is -2.38. The van der Waals surface area contributed by atoms with Crippen molar-refractivity contribution in [3.63, 3.8) is 0 Å². The van der Waals surface area contributed by atoms with Crippen LogP contribution in [0.3, 0.4) is 0 Å². The fourth-order valence-electron chi connectivity index (χ4n) is 3.07. The second kappa shape index (κ2) is 9.56. The monoisotopic (exact) mass is 517 g/mol. The van der Waals surface area contributed by atoms with E-state index in [4.69, 9.17) is 4.98 Å². The number of halogens is 2. The van der Waals surface area contributed by atoms with E-state index >= 15 is 0 Å². The van der Waals surface area contributed by atoms with Gasteiger partial charge in [-0.2, -0.15) is 0 Å². The van der Waals surface area contributed by atoms with Crippen LogP contribution in [-0.4, -0.2) is 34.5 Å². The first-order chi connectivity index (χ1) is 11.7. The lowest BCUT2D eigenvalue weighted by Gasteiger charge is -2.22. The van der Waals surface area contributed by atoms with E-state index < -0.39 is 0 Å². The molecule has 1 aliphatic heterocycles. The van der Waals surface area contributed by atoms with Gasteiger partial charge in [-0.05, 0) is 24.5 Å². The highest BCUT2D eigenvalue weighted by Gasteiger charge is 2.13. The summed E-state index contributed by atoms with van der Waals surface area (Å²) in [5, 5.41) is 3.42. The number of imidazole rings is 1. The number of benzene rings is 1. The van der Waals surface area contributed by atoms with Crippen molar-refractivity contribution in [2.24, 2.45) is 4.99 Å². The predicted octanol–water partition coefficient (Wildman–Crippen LogP) is 3.81. The van der Waals surface area contributed by atoms with Gasteiger partial charge in [-0.3, -0.25) is 4.99 Å². The van der Waals surface area contributed by atoms with Crippen molar-refractivity contribution < 1.29 is 0 Å². The number of aromatic nitrogens is 2. The van der Waals surface area contributed by atoms with Gasteiger partial charge in [0, 0.05) is 44.3 Å². The van der Waals surface area contributed by atoms with Crippen LogP contribution in [0.25, 0.3) is 0 Å². The lowest BCUT2D eigenvalue weighted by molar-refractivity contribution is 0.475. The Bertz CT molecular complexity index is 705. The van der Waals surface area contributed by atoms with Crippen molar-refractivity contribution in [1.29, 1.82) is 0 Å². The minimum atomic E-state index is 0. The Morgan fingerprint density at radius 2 is 2.16 bits per heavy atom. The highest BCUT2D eigenvalue weighted by Crippen LogP contribution is 2.17. The summed E-state index contributed by atoms with van der Waals surface area (Å²) in [6, 6.07) is 8.27. The molecule has 2 aromatic rings. The molecular weight excluding hydrogens is 493 g/mol. The third-order valence-corrected chi connectivity index (χ3v) is 5.10. The molecule has 7 heteroatoms. The molecule has 0 fully saturated rings. The molecule has 1 aromatic heterocycles. The molecular formula is C18H25BrIN5. The minimum absolute atomic E-state index is 0. The summed E-state index contributed by atoms with van der Waals surface area (Å²) in [6.07, 6.45) is 5.77. The average molecular weight is 518 g/mol. The molecule has 1 N–H and O–H groups in total. The van der Waals surface area contributed by atoms with E-state index in [0.717, 1.165) is 35.6 Å². The van der Waals surface area contributed by atoms with Gasteiger partial charge in [0.1, 0.15) is 5.82 Å². The lowest BCUT2D eigenvalue weighted by atomic mass is 10.2. The van der Waals surface area contributed by atoms with Crippen molar-refractivity contribution >= 4 is 45.9 Å². The molecule has 0 aliphatic carbocycles. The Balaban J connectivity index is 0.00000225. The first-order valence-electron chi connectivity index (χ1n) is 8.37. The number of guanidine groups is 1. The Hall–Kier alpha value is -1.09. The van der Waals surface area contributed by atoms with Gasteiger partial charge in [0.05, 0.1) is 12.2 Å². The summed E-state index contributed by atoms with van der Waals surface area (Å²) in [4.78, 5) is 11.2. The molecule has 0 amide bonds. The van der Waals surface area contributed by atoms with Gasteiger partial charge < -0.3 is 14.8 Å². The van der Waals surface area contributed by atoms with E-state index in [-0.39, 0.29) is 24.0 Å². The molecule has 136 valence electrons. The molecule has 0 unspecified atom stereocenters. The van der Waals surface area contributed by atoms with Crippen molar-refractivity contribution in [2.75, 3.05) is 14.1 Å². The van der Waals surface area contributed by atoms with Crippen LogP contribution in [0.4, 0.5) is 0 Å². The smallest absolute Gasteiger partial charge is 0.194 e. The molecule has 0 radical (unpaired) electrons. The fraction of sp³-hybridized carbons (Fsp3) is 0.444. The van der Waals surface area contributed by atoms with Gasteiger partial charge in [0.25, 0.3) is 0 Å². The maximum absolute atomic E-state index is 4.73. The number of nitrogens with zero attached hydrogens (tertiary/aromatic N) is 4. The Kier molecular flexibility index (Phi) is 7.74. The second-order valence-electron chi connectivity index (χ2n) is 6.15. The Labute approximate surface area is 175 Å². The van der Waals surface area contributed by atoms with E-state index in [1.807, 2.05) is 20.2 Å². The van der Waals surface area contributed by atoms with E-state index in [9.17, 15) is 0 Å². The molecule has 0 saturated carbocycles. The molecule has 1 aromatic carbocycles. The van der Waals surface area contributed by atoms with Crippen LogP contribution in [0.2, 0.25) is 0 Å². The van der Waals surface area contributed by atoms with Crippen molar-refractivity contribution in [3.8, 4) is 0 Å². The maximum Gasteiger partial charge on any atom is 0.194 e. The van der Waals surface area contributed by atoms with Gasteiger partial charge in [0.15, 0.2) is 5.96 Å². The quantitative estimate of drug-likeness (QED) is 0.381. The largest absolute Gasteiger partial charge is 0.351 e. The van der Waals surface area contributed by atoms with E-state index in [1.54, 1.807) is 0 Å². The van der Waals surface area contributed by atoms with Crippen molar-refractivity contribution in [2.45, 2.75) is 38.9 Å². The molecule has 3 rings (SSSR count). The number of aliphatic imine (C=N–C) groups is 1. The van der Waals surface area contributed by atoms with Crippen LogP contribution in [0.15, 0.2) is 39.9 Å². The van der Waals surface area contributed by atoms with Gasteiger partial charge >= 0.3 is 0 Å². The first-order valence-corrected chi connectivity index (χ1v) is 9.17. The number of fused-ring (bicyclic) bond motifs is 1. The molecule has 0 atom stereocenters. The predicted molar refractivity (Wildman–Crippen MR) is 116 cm³/mol. The van der Waals surface area contributed by atoms with Crippen molar-refractivity contribution in [1.82, 2.24) is 19.8 Å². The number of nitrogens with one attached hydrogen (secondary N) is 1. The zero-order valence-electron chi connectivity index (χ0n) is 14.7. The standard InChI is InChI=1S/C18H24BrN5.HI/c1-20-18(23(2)12-14-7-3-4-8-16(14)19)21-11-15-13-24-10-6-5-9-17(24)22-15;/h3-4,7-8,13H,5-6,9-12H2,1-2H3,(H,20,21);1H. The summed E-state index contributed by atoms with van der Waals surface area (Å²) in [5.74, 6) is 2.09. The summed E-state index contributed by atoms with van der Waals surface area (Å²) in [6.45, 7) is 2.59. The number of aryl methyl sites for hydroxylation is 2.